The fourth-order valence-electron chi connectivity index (χ4n) is 2.74. The number of benzene rings is 2. The van der Waals surface area contributed by atoms with Crippen molar-refractivity contribution in [2.24, 2.45) is 0 Å². The number of para-hydroxylation sites is 1. The van der Waals surface area contributed by atoms with Crippen molar-refractivity contribution in [3.63, 3.8) is 0 Å². The van der Waals surface area contributed by atoms with Crippen LogP contribution in [0.25, 0.3) is 0 Å². The molecule has 0 radical (unpaired) electrons. The summed E-state index contributed by atoms with van der Waals surface area (Å²) in [6, 6.07) is 16.2. The first-order valence-corrected chi connectivity index (χ1v) is 9.18. The van der Waals surface area contributed by atoms with Gasteiger partial charge in [0.05, 0.1) is 7.11 Å². The fourth-order valence-corrected chi connectivity index (χ4v) is 2.74. The molecule has 0 fully saturated rings. The second kappa shape index (κ2) is 9.42. The summed E-state index contributed by atoms with van der Waals surface area (Å²) in [4.78, 5) is 12.1. The molecule has 5 nitrogen and oxygen atoms in total. The normalized spacial score (nSPS) is 12.3. The van der Waals surface area contributed by atoms with Crippen molar-refractivity contribution in [1.82, 2.24) is 10.6 Å². The van der Waals surface area contributed by atoms with Crippen molar-refractivity contribution in [2.75, 3.05) is 13.7 Å². The summed E-state index contributed by atoms with van der Waals surface area (Å²) in [5.74, 6) is 1.05. The molecule has 2 aromatic carbocycles. The van der Waals surface area contributed by atoms with Crippen LogP contribution in [0.3, 0.4) is 0 Å². The molecule has 2 rings (SSSR count). The highest BCUT2D eigenvalue weighted by molar-refractivity contribution is 5.78. The molecule has 0 aliphatic carbocycles. The monoisotopic (exact) mass is 370 g/mol. The zero-order valence-electron chi connectivity index (χ0n) is 16.8. The van der Waals surface area contributed by atoms with Crippen LogP contribution in [-0.2, 0) is 11.3 Å². The Labute approximate surface area is 162 Å². The number of hydrogen-bond acceptors (Lipinski definition) is 4. The lowest BCUT2D eigenvalue weighted by Crippen LogP contribution is -2.43. The van der Waals surface area contributed by atoms with Crippen LogP contribution in [0.1, 0.15) is 44.9 Å². The maximum absolute atomic E-state index is 12.1. The van der Waals surface area contributed by atoms with Crippen molar-refractivity contribution in [3.05, 3.63) is 59.7 Å². The minimum Gasteiger partial charge on any atom is -0.493 e. The van der Waals surface area contributed by atoms with E-state index in [0.29, 0.717) is 18.0 Å². The average Bonchev–Trinajstić information content (AvgIpc) is 2.63. The molecule has 0 aliphatic heterocycles. The Hall–Kier alpha value is -2.53. The van der Waals surface area contributed by atoms with Crippen molar-refractivity contribution in [2.45, 2.75) is 45.8 Å². The van der Waals surface area contributed by atoms with E-state index in [2.05, 4.69) is 29.7 Å². The highest BCUT2D eigenvalue weighted by Gasteiger charge is 2.17. The van der Waals surface area contributed by atoms with Gasteiger partial charge in [0.25, 0.3) is 5.91 Å². The van der Waals surface area contributed by atoms with Crippen LogP contribution in [0.2, 0.25) is 0 Å². The van der Waals surface area contributed by atoms with Crippen LogP contribution >= 0.6 is 0 Å². The van der Waals surface area contributed by atoms with E-state index < -0.39 is 0 Å². The van der Waals surface area contributed by atoms with Gasteiger partial charge in [-0.25, -0.2) is 0 Å². The number of hydrogen-bond donors (Lipinski definition) is 2. The van der Waals surface area contributed by atoms with Gasteiger partial charge in [0.1, 0.15) is 0 Å². The lowest BCUT2D eigenvalue weighted by Gasteiger charge is -2.22. The molecular weight excluding hydrogens is 340 g/mol. The summed E-state index contributed by atoms with van der Waals surface area (Å²) in [5, 5.41) is 6.39. The van der Waals surface area contributed by atoms with Gasteiger partial charge >= 0.3 is 0 Å². The Morgan fingerprint density at radius 3 is 2.41 bits per heavy atom. The summed E-state index contributed by atoms with van der Waals surface area (Å²) in [6.07, 6.45) is 0. The molecule has 2 N–H and O–H groups in total. The van der Waals surface area contributed by atoms with Gasteiger partial charge in [-0.1, -0.05) is 42.5 Å². The number of nitrogens with one attached hydrogen (secondary N) is 2. The van der Waals surface area contributed by atoms with E-state index in [1.54, 1.807) is 7.11 Å². The van der Waals surface area contributed by atoms with Crippen molar-refractivity contribution >= 4 is 5.91 Å². The van der Waals surface area contributed by atoms with Crippen LogP contribution in [-0.4, -0.2) is 25.2 Å². The molecule has 0 spiro atoms. The first kappa shape index (κ1) is 20.8. The topological polar surface area (TPSA) is 59.6 Å². The Kier molecular flexibility index (Phi) is 7.25. The second-order valence-corrected chi connectivity index (χ2v) is 7.55. The lowest BCUT2D eigenvalue weighted by atomic mass is 10.1. The summed E-state index contributed by atoms with van der Waals surface area (Å²) in [5.41, 5.74) is 1.87. The third kappa shape index (κ3) is 6.61. The summed E-state index contributed by atoms with van der Waals surface area (Å²) >= 11 is 0. The first-order chi connectivity index (χ1) is 12.8. The molecule has 0 saturated carbocycles. The van der Waals surface area contributed by atoms with E-state index in [9.17, 15) is 4.79 Å². The highest BCUT2D eigenvalue weighted by Crippen LogP contribution is 2.31. The molecule has 27 heavy (non-hydrogen) atoms. The van der Waals surface area contributed by atoms with Crippen molar-refractivity contribution in [3.8, 4) is 11.5 Å². The SMILES string of the molecule is COc1cccc(CNC(C)c2ccccc2)c1OCC(=O)NC(C)(C)C. The van der Waals surface area contributed by atoms with Gasteiger partial charge in [-0.2, -0.15) is 0 Å². The first-order valence-electron chi connectivity index (χ1n) is 9.18. The van der Waals surface area contributed by atoms with E-state index in [-0.39, 0.29) is 24.1 Å². The Balaban J connectivity index is 2.06. The van der Waals surface area contributed by atoms with Gasteiger partial charge in [0.15, 0.2) is 18.1 Å². The van der Waals surface area contributed by atoms with Crippen LogP contribution in [0, 0.1) is 0 Å². The third-order valence-corrected chi connectivity index (χ3v) is 4.04. The molecule has 1 unspecified atom stereocenters. The molecule has 1 amide bonds. The third-order valence-electron chi connectivity index (χ3n) is 4.04. The zero-order chi connectivity index (χ0) is 19.9. The molecular formula is C22H30N2O3. The van der Waals surface area contributed by atoms with Crippen LogP contribution in [0.15, 0.2) is 48.5 Å². The molecule has 0 aliphatic rings. The molecule has 0 saturated heterocycles. The minimum absolute atomic E-state index is 0.0567. The lowest BCUT2D eigenvalue weighted by molar-refractivity contribution is -0.124. The molecule has 2 aromatic rings. The summed E-state index contributed by atoms with van der Waals surface area (Å²) < 4.78 is 11.3. The van der Waals surface area contributed by atoms with Crippen molar-refractivity contribution < 1.29 is 14.3 Å². The minimum atomic E-state index is -0.295. The maximum atomic E-state index is 12.1. The Morgan fingerprint density at radius 1 is 1.07 bits per heavy atom. The number of carbonyl (C=O) groups is 1. The molecule has 146 valence electrons. The van der Waals surface area contributed by atoms with Crippen molar-refractivity contribution in [1.29, 1.82) is 0 Å². The quantitative estimate of drug-likeness (QED) is 0.741. The van der Waals surface area contributed by atoms with Gasteiger partial charge in [0.2, 0.25) is 0 Å². The predicted octanol–water partition coefficient (Wildman–Crippen LogP) is 3.84. The number of methoxy groups -OCH3 is 1. The average molecular weight is 370 g/mol. The van der Waals surface area contributed by atoms with E-state index in [1.165, 1.54) is 5.56 Å². The second-order valence-electron chi connectivity index (χ2n) is 7.55. The number of ether oxygens (including phenoxy) is 2. The van der Waals surface area contributed by atoms with Gasteiger partial charge in [-0.15, -0.1) is 0 Å². The van der Waals surface area contributed by atoms with Crippen LogP contribution < -0.4 is 20.1 Å². The van der Waals surface area contributed by atoms with E-state index >= 15 is 0 Å². The molecule has 1 atom stereocenters. The number of amides is 1. The Bertz CT molecular complexity index is 739. The van der Waals surface area contributed by atoms with E-state index in [1.807, 2.05) is 57.2 Å². The fraction of sp³-hybridized carbons (Fsp3) is 0.409. The largest absolute Gasteiger partial charge is 0.493 e. The Morgan fingerprint density at radius 2 is 1.78 bits per heavy atom. The summed E-state index contributed by atoms with van der Waals surface area (Å²) in [7, 11) is 1.60. The van der Waals surface area contributed by atoms with Gasteiger partial charge in [-0.3, -0.25) is 4.79 Å². The molecule has 0 bridgehead atoms. The standard InChI is InChI=1S/C22H30N2O3/c1-16(17-10-7-6-8-11-17)23-14-18-12-9-13-19(26-5)21(18)27-15-20(25)24-22(2,3)4/h6-13,16,23H,14-15H2,1-5H3,(H,24,25). The smallest absolute Gasteiger partial charge is 0.258 e. The summed E-state index contributed by atoms with van der Waals surface area (Å²) in [6.45, 7) is 8.48. The van der Waals surface area contributed by atoms with Gasteiger partial charge < -0.3 is 20.1 Å². The predicted molar refractivity (Wildman–Crippen MR) is 108 cm³/mol. The molecule has 5 heteroatoms. The number of carbonyl (C=O) groups excluding carboxylic acids is 1. The highest BCUT2D eigenvalue weighted by atomic mass is 16.5. The van der Waals surface area contributed by atoms with E-state index in [4.69, 9.17) is 9.47 Å². The molecule has 0 aromatic heterocycles. The van der Waals surface area contributed by atoms with Crippen LogP contribution in [0.4, 0.5) is 0 Å². The number of rotatable bonds is 8. The zero-order valence-corrected chi connectivity index (χ0v) is 16.8. The molecule has 0 heterocycles. The van der Waals surface area contributed by atoms with Crippen LogP contribution in [0.5, 0.6) is 11.5 Å². The van der Waals surface area contributed by atoms with Gasteiger partial charge in [0, 0.05) is 23.7 Å². The maximum Gasteiger partial charge on any atom is 0.258 e. The van der Waals surface area contributed by atoms with Gasteiger partial charge in [-0.05, 0) is 39.3 Å². The van der Waals surface area contributed by atoms with E-state index in [0.717, 1.165) is 5.56 Å².